The van der Waals surface area contributed by atoms with E-state index in [0.29, 0.717) is 37.4 Å². The maximum absolute atomic E-state index is 12.4. The van der Waals surface area contributed by atoms with E-state index >= 15 is 0 Å². The molecule has 7 nitrogen and oxygen atoms in total. The lowest BCUT2D eigenvalue weighted by Gasteiger charge is -2.34. The Labute approximate surface area is 133 Å². The number of phenols is 1. The Bertz CT molecular complexity index is 712. The second-order valence-electron chi connectivity index (χ2n) is 5.23. The third-order valence-corrected chi connectivity index (χ3v) is 3.73. The summed E-state index contributed by atoms with van der Waals surface area (Å²) in [4.78, 5) is 35.9. The Hall–Kier alpha value is -2.96. The average molecular weight is 312 g/mol. The number of hydrogen-bond donors (Lipinski definition) is 1. The smallest absolute Gasteiger partial charge is 0.274 e. The third-order valence-electron chi connectivity index (χ3n) is 3.73. The molecule has 1 N–H and O–H groups in total. The zero-order valence-electron chi connectivity index (χ0n) is 12.4. The summed E-state index contributed by atoms with van der Waals surface area (Å²) >= 11 is 0. The van der Waals surface area contributed by atoms with E-state index in [0.717, 1.165) is 0 Å². The molecular formula is C16H16N4O3. The van der Waals surface area contributed by atoms with Gasteiger partial charge in [0.1, 0.15) is 11.4 Å². The average Bonchev–Trinajstić information content (AvgIpc) is 2.61. The first-order valence-corrected chi connectivity index (χ1v) is 7.29. The van der Waals surface area contributed by atoms with Crippen LogP contribution in [0.15, 0.2) is 42.9 Å². The molecule has 2 heterocycles. The standard InChI is InChI=1S/C16H16N4O3/c21-13-3-1-2-12(10-13)15(22)19-6-8-20(9-7-19)16(23)14-11-17-4-5-18-14/h1-5,10-11,21H,6-9H2. The van der Waals surface area contributed by atoms with Crippen molar-refractivity contribution in [3.8, 4) is 5.75 Å². The van der Waals surface area contributed by atoms with Gasteiger partial charge in [0, 0.05) is 44.1 Å². The van der Waals surface area contributed by atoms with Gasteiger partial charge in [-0.1, -0.05) is 6.07 Å². The Morgan fingerprint density at radius 2 is 1.70 bits per heavy atom. The zero-order chi connectivity index (χ0) is 16.2. The van der Waals surface area contributed by atoms with Gasteiger partial charge in [-0.05, 0) is 18.2 Å². The van der Waals surface area contributed by atoms with Crippen molar-refractivity contribution in [1.82, 2.24) is 19.8 Å². The molecule has 0 saturated carbocycles. The van der Waals surface area contributed by atoms with Crippen molar-refractivity contribution in [2.45, 2.75) is 0 Å². The minimum atomic E-state index is -0.178. The Kier molecular flexibility index (Phi) is 4.18. The molecule has 1 saturated heterocycles. The first-order chi connectivity index (χ1) is 11.1. The van der Waals surface area contributed by atoms with Crippen molar-refractivity contribution >= 4 is 11.8 Å². The molecule has 118 valence electrons. The van der Waals surface area contributed by atoms with E-state index in [1.54, 1.807) is 21.9 Å². The predicted octanol–water partition coefficient (Wildman–Crippen LogP) is 0.780. The molecule has 1 fully saturated rings. The van der Waals surface area contributed by atoms with Gasteiger partial charge in [0.25, 0.3) is 11.8 Å². The Balaban J connectivity index is 1.62. The number of nitrogens with zero attached hydrogens (tertiary/aromatic N) is 4. The first kappa shape index (κ1) is 15.0. The summed E-state index contributed by atoms with van der Waals surface area (Å²) in [7, 11) is 0. The van der Waals surface area contributed by atoms with Crippen LogP contribution in [0.25, 0.3) is 0 Å². The molecule has 1 aromatic heterocycles. The lowest BCUT2D eigenvalue weighted by molar-refractivity contribution is 0.0532. The van der Waals surface area contributed by atoms with Gasteiger partial charge < -0.3 is 14.9 Å². The highest BCUT2D eigenvalue weighted by Crippen LogP contribution is 2.15. The van der Waals surface area contributed by atoms with Crippen LogP contribution in [-0.2, 0) is 0 Å². The van der Waals surface area contributed by atoms with Crippen LogP contribution in [0.4, 0.5) is 0 Å². The monoisotopic (exact) mass is 312 g/mol. The molecule has 1 aliphatic rings. The highest BCUT2D eigenvalue weighted by molar-refractivity contribution is 5.95. The van der Waals surface area contributed by atoms with E-state index in [1.165, 1.54) is 30.7 Å². The molecule has 3 rings (SSSR count). The summed E-state index contributed by atoms with van der Waals surface area (Å²) < 4.78 is 0. The summed E-state index contributed by atoms with van der Waals surface area (Å²) in [6.07, 6.45) is 4.43. The van der Waals surface area contributed by atoms with Gasteiger partial charge in [-0.25, -0.2) is 4.98 Å². The number of rotatable bonds is 2. The number of phenolic OH excluding ortho intramolecular Hbond substituents is 1. The molecule has 2 amide bonds. The summed E-state index contributed by atoms with van der Waals surface area (Å²) in [6, 6.07) is 6.27. The fraction of sp³-hybridized carbons (Fsp3) is 0.250. The van der Waals surface area contributed by atoms with Crippen molar-refractivity contribution in [2.75, 3.05) is 26.2 Å². The number of amides is 2. The van der Waals surface area contributed by atoms with Gasteiger partial charge >= 0.3 is 0 Å². The van der Waals surface area contributed by atoms with Gasteiger partial charge in [-0.15, -0.1) is 0 Å². The summed E-state index contributed by atoms with van der Waals surface area (Å²) in [5.74, 6) is -0.262. The molecule has 2 aromatic rings. The van der Waals surface area contributed by atoms with Crippen LogP contribution in [-0.4, -0.2) is 62.9 Å². The minimum absolute atomic E-state index is 0.0623. The van der Waals surface area contributed by atoms with Crippen molar-refractivity contribution in [3.63, 3.8) is 0 Å². The largest absolute Gasteiger partial charge is 0.508 e. The summed E-state index contributed by atoms with van der Waals surface area (Å²) in [5.41, 5.74) is 0.749. The third kappa shape index (κ3) is 3.28. The molecule has 1 aromatic carbocycles. The molecular weight excluding hydrogens is 296 g/mol. The fourth-order valence-corrected chi connectivity index (χ4v) is 2.51. The normalized spacial score (nSPS) is 14.6. The van der Waals surface area contributed by atoms with Crippen molar-refractivity contribution in [3.05, 3.63) is 54.1 Å². The van der Waals surface area contributed by atoms with Gasteiger partial charge in [0.05, 0.1) is 6.20 Å². The molecule has 0 unspecified atom stereocenters. The molecule has 0 radical (unpaired) electrons. The van der Waals surface area contributed by atoms with Crippen molar-refractivity contribution in [2.24, 2.45) is 0 Å². The molecule has 1 aliphatic heterocycles. The Morgan fingerprint density at radius 1 is 1.00 bits per heavy atom. The molecule has 0 spiro atoms. The van der Waals surface area contributed by atoms with E-state index in [-0.39, 0.29) is 17.6 Å². The van der Waals surface area contributed by atoms with Crippen LogP contribution in [0.5, 0.6) is 5.75 Å². The van der Waals surface area contributed by atoms with Crippen LogP contribution in [0, 0.1) is 0 Å². The van der Waals surface area contributed by atoms with Crippen LogP contribution < -0.4 is 0 Å². The van der Waals surface area contributed by atoms with E-state index < -0.39 is 0 Å². The summed E-state index contributed by atoms with van der Waals surface area (Å²) in [5, 5.41) is 9.46. The van der Waals surface area contributed by atoms with Crippen molar-refractivity contribution < 1.29 is 14.7 Å². The zero-order valence-corrected chi connectivity index (χ0v) is 12.4. The topological polar surface area (TPSA) is 86.6 Å². The Morgan fingerprint density at radius 3 is 2.30 bits per heavy atom. The molecule has 7 heteroatoms. The molecule has 23 heavy (non-hydrogen) atoms. The maximum atomic E-state index is 12.4. The number of hydrogen-bond acceptors (Lipinski definition) is 5. The molecule has 0 bridgehead atoms. The van der Waals surface area contributed by atoms with Crippen LogP contribution in [0.3, 0.4) is 0 Å². The lowest BCUT2D eigenvalue weighted by Crippen LogP contribution is -2.50. The van der Waals surface area contributed by atoms with E-state index in [9.17, 15) is 14.7 Å². The second-order valence-corrected chi connectivity index (χ2v) is 5.23. The highest BCUT2D eigenvalue weighted by Gasteiger charge is 2.26. The number of piperazine rings is 1. The summed E-state index contributed by atoms with van der Waals surface area (Å²) in [6.45, 7) is 1.78. The highest BCUT2D eigenvalue weighted by atomic mass is 16.3. The SMILES string of the molecule is O=C(c1cccc(O)c1)N1CCN(C(=O)c2cnccn2)CC1. The quantitative estimate of drug-likeness (QED) is 0.885. The number of aromatic hydroxyl groups is 1. The van der Waals surface area contributed by atoms with Gasteiger partial charge in [-0.3, -0.25) is 14.6 Å². The van der Waals surface area contributed by atoms with Crippen LogP contribution in [0.1, 0.15) is 20.8 Å². The van der Waals surface area contributed by atoms with E-state index in [2.05, 4.69) is 9.97 Å². The fourth-order valence-electron chi connectivity index (χ4n) is 2.51. The number of aromatic nitrogens is 2. The maximum Gasteiger partial charge on any atom is 0.274 e. The van der Waals surface area contributed by atoms with E-state index in [1.807, 2.05) is 0 Å². The van der Waals surface area contributed by atoms with Crippen LogP contribution >= 0.6 is 0 Å². The number of carbonyl (C=O) groups excluding carboxylic acids is 2. The van der Waals surface area contributed by atoms with E-state index in [4.69, 9.17) is 0 Å². The number of benzene rings is 1. The molecule has 0 aliphatic carbocycles. The first-order valence-electron chi connectivity index (χ1n) is 7.29. The molecule has 0 atom stereocenters. The van der Waals surface area contributed by atoms with Crippen molar-refractivity contribution in [1.29, 1.82) is 0 Å². The van der Waals surface area contributed by atoms with Gasteiger partial charge in [0.15, 0.2) is 0 Å². The van der Waals surface area contributed by atoms with Gasteiger partial charge in [-0.2, -0.15) is 0 Å². The minimum Gasteiger partial charge on any atom is -0.508 e. The predicted molar refractivity (Wildman–Crippen MR) is 81.9 cm³/mol. The van der Waals surface area contributed by atoms with Crippen LogP contribution in [0.2, 0.25) is 0 Å². The number of carbonyl (C=O) groups is 2. The lowest BCUT2D eigenvalue weighted by atomic mass is 10.1. The van der Waals surface area contributed by atoms with Gasteiger partial charge in [0.2, 0.25) is 0 Å². The second kappa shape index (κ2) is 6.43.